The Morgan fingerprint density at radius 2 is 1.68 bits per heavy atom. The van der Waals surface area contributed by atoms with Crippen LogP contribution < -0.4 is 4.74 Å². The third-order valence-corrected chi connectivity index (χ3v) is 5.46. The van der Waals surface area contributed by atoms with Crippen LogP contribution in [-0.4, -0.2) is 14.5 Å². The van der Waals surface area contributed by atoms with Crippen molar-refractivity contribution in [3.05, 3.63) is 22.2 Å². The van der Waals surface area contributed by atoms with E-state index in [1.165, 1.54) is 18.6 Å². The molecule has 2 rings (SSSR count). The van der Waals surface area contributed by atoms with E-state index in [1.807, 2.05) is 0 Å². The highest BCUT2D eigenvalue weighted by Crippen LogP contribution is 2.39. The van der Waals surface area contributed by atoms with Crippen molar-refractivity contribution in [1.29, 1.82) is 0 Å². The lowest BCUT2D eigenvalue weighted by Gasteiger charge is -2.23. The van der Waals surface area contributed by atoms with Crippen molar-refractivity contribution < 1.29 is 13.2 Å². The lowest BCUT2D eigenvalue weighted by atomic mass is 9.98. The fourth-order valence-corrected chi connectivity index (χ4v) is 3.93. The van der Waals surface area contributed by atoms with E-state index in [0.29, 0.717) is 5.75 Å². The van der Waals surface area contributed by atoms with E-state index in [4.69, 9.17) is 38.6 Å². The molecular formula is C12H13Cl3O3S. The van der Waals surface area contributed by atoms with Crippen LogP contribution in [0.25, 0.3) is 0 Å². The average Bonchev–Trinajstić information content (AvgIpc) is 2.35. The molecule has 0 radical (unpaired) electrons. The van der Waals surface area contributed by atoms with Crippen LogP contribution in [0.1, 0.15) is 32.1 Å². The second-order valence-electron chi connectivity index (χ2n) is 4.51. The maximum atomic E-state index is 11.3. The van der Waals surface area contributed by atoms with Crippen molar-refractivity contribution in [2.24, 2.45) is 0 Å². The topological polar surface area (TPSA) is 43.4 Å². The highest BCUT2D eigenvalue weighted by Gasteiger charge is 2.22. The zero-order chi connectivity index (χ0) is 14.0. The van der Waals surface area contributed by atoms with E-state index in [9.17, 15) is 8.42 Å². The molecule has 1 saturated carbocycles. The Kier molecular flexibility index (Phi) is 4.88. The highest BCUT2D eigenvalue weighted by atomic mass is 35.7. The summed E-state index contributed by atoms with van der Waals surface area (Å²) in [4.78, 5) is -0.197. The highest BCUT2D eigenvalue weighted by molar-refractivity contribution is 8.13. The molecule has 1 aromatic rings. The van der Waals surface area contributed by atoms with Crippen molar-refractivity contribution in [3.63, 3.8) is 0 Å². The summed E-state index contributed by atoms with van der Waals surface area (Å²) < 4.78 is 28.4. The normalized spacial score (nSPS) is 17.4. The number of hydrogen-bond acceptors (Lipinski definition) is 3. The lowest BCUT2D eigenvalue weighted by molar-refractivity contribution is 0.155. The first-order chi connectivity index (χ1) is 8.89. The van der Waals surface area contributed by atoms with E-state index < -0.39 is 9.05 Å². The van der Waals surface area contributed by atoms with Gasteiger partial charge in [-0.15, -0.1) is 0 Å². The first-order valence-corrected chi connectivity index (χ1v) is 9.05. The average molecular weight is 344 g/mol. The Balaban J connectivity index is 2.26. The second-order valence-corrected chi connectivity index (χ2v) is 7.80. The third-order valence-electron chi connectivity index (χ3n) is 3.12. The minimum Gasteiger partial charge on any atom is -0.489 e. The quantitative estimate of drug-likeness (QED) is 0.751. The van der Waals surface area contributed by atoms with Crippen LogP contribution in [0.2, 0.25) is 10.0 Å². The van der Waals surface area contributed by atoms with Crippen LogP contribution in [0.15, 0.2) is 17.0 Å². The summed E-state index contributed by atoms with van der Waals surface area (Å²) >= 11 is 12.0. The number of halogens is 3. The minimum absolute atomic E-state index is 0.0916. The van der Waals surface area contributed by atoms with Gasteiger partial charge in [-0.1, -0.05) is 29.6 Å². The zero-order valence-electron chi connectivity index (χ0n) is 10.0. The largest absolute Gasteiger partial charge is 0.489 e. The Morgan fingerprint density at radius 1 is 1.05 bits per heavy atom. The molecule has 19 heavy (non-hydrogen) atoms. The van der Waals surface area contributed by atoms with Crippen molar-refractivity contribution in [2.75, 3.05) is 0 Å². The third kappa shape index (κ3) is 3.69. The van der Waals surface area contributed by atoms with Crippen molar-refractivity contribution in [1.82, 2.24) is 0 Å². The van der Waals surface area contributed by atoms with E-state index in [0.717, 1.165) is 25.7 Å². The molecule has 0 aromatic heterocycles. The van der Waals surface area contributed by atoms with E-state index in [1.54, 1.807) is 0 Å². The van der Waals surface area contributed by atoms with E-state index in [2.05, 4.69) is 0 Å². The van der Waals surface area contributed by atoms with Gasteiger partial charge in [0.15, 0.2) is 0 Å². The molecule has 0 heterocycles. The maximum absolute atomic E-state index is 11.3. The van der Waals surface area contributed by atoms with Gasteiger partial charge in [0.25, 0.3) is 9.05 Å². The smallest absolute Gasteiger partial charge is 0.262 e. The molecule has 0 aliphatic heterocycles. The predicted molar refractivity (Wildman–Crippen MR) is 77.0 cm³/mol. The molecule has 3 nitrogen and oxygen atoms in total. The Bertz CT molecular complexity index is 566. The molecule has 0 bridgehead atoms. The molecule has 0 amide bonds. The minimum atomic E-state index is -3.91. The molecular weight excluding hydrogens is 331 g/mol. The van der Waals surface area contributed by atoms with Crippen LogP contribution in [0.4, 0.5) is 0 Å². The van der Waals surface area contributed by atoms with Gasteiger partial charge in [0.1, 0.15) is 15.7 Å². The molecule has 1 aliphatic rings. The van der Waals surface area contributed by atoms with E-state index >= 15 is 0 Å². The van der Waals surface area contributed by atoms with Gasteiger partial charge >= 0.3 is 0 Å². The Morgan fingerprint density at radius 3 is 2.26 bits per heavy atom. The number of ether oxygens (including phenoxy) is 1. The molecule has 0 N–H and O–H groups in total. The summed E-state index contributed by atoms with van der Waals surface area (Å²) in [5, 5.41) is -0.000980. The molecule has 0 saturated heterocycles. The monoisotopic (exact) mass is 342 g/mol. The van der Waals surface area contributed by atoms with Gasteiger partial charge in [-0.2, -0.15) is 0 Å². The van der Waals surface area contributed by atoms with Crippen LogP contribution >= 0.6 is 33.9 Å². The SMILES string of the molecule is O=S(=O)(Cl)c1ccc(OC2CCCCC2)c(Cl)c1Cl. The Labute approximate surface area is 127 Å². The van der Waals surface area contributed by atoms with Gasteiger partial charge in [0.05, 0.1) is 11.1 Å². The van der Waals surface area contributed by atoms with Gasteiger partial charge in [-0.3, -0.25) is 0 Å². The fourth-order valence-electron chi connectivity index (χ4n) is 2.16. The molecule has 7 heteroatoms. The standard InChI is InChI=1S/C12H13Cl3O3S/c13-11-9(18-8-4-2-1-3-5-8)6-7-10(12(11)14)19(15,16)17/h6-8H,1-5H2. The summed E-state index contributed by atoms with van der Waals surface area (Å²) in [5.74, 6) is 0.405. The molecule has 1 aliphatic carbocycles. The molecule has 0 atom stereocenters. The van der Waals surface area contributed by atoms with Gasteiger partial charge in [0.2, 0.25) is 0 Å². The van der Waals surface area contributed by atoms with Gasteiger partial charge in [0, 0.05) is 10.7 Å². The summed E-state index contributed by atoms with van der Waals surface area (Å²) in [5.41, 5.74) is 0. The number of rotatable bonds is 3. The molecule has 1 fully saturated rings. The van der Waals surface area contributed by atoms with Crippen molar-refractivity contribution >= 4 is 42.9 Å². The molecule has 0 spiro atoms. The predicted octanol–water partition coefficient (Wildman–Crippen LogP) is 4.63. The summed E-state index contributed by atoms with van der Waals surface area (Å²) in [7, 11) is 1.36. The van der Waals surface area contributed by atoms with Crippen LogP contribution in [-0.2, 0) is 9.05 Å². The molecule has 0 unspecified atom stereocenters. The zero-order valence-corrected chi connectivity index (χ0v) is 13.1. The summed E-state index contributed by atoms with van der Waals surface area (Å²) in [6.45, 7) is 0. The molecule has 106 valence electrons. The maximum Gasteiger partial charge on any atom is 0.262 e. The summed E-state index contributed by atoms with van der Waals surface area (Å²) in [6.07, 6.45) is 5.54. The first-order valence-electron chi connectivity index (χ1n) is 5.99. The number of benzene rings is 1. The van der Waals surface area contributed by atoms with Gasteiger partial charge in [-0.05, 0) is 37.8 Å². The first kappa shape index (κ1) is 15.2. The molecule has 1 aromatic carbocycles. The van der Waals surface area contributed by atoms with Gasteiger partial charge < -0.3 is 4.74 Å². The van der Waals surface area contributed by atoms with Crippen molar-refractivity contribution in [2.45, 2.75) is 43.1 Å². The van der Waals surface area contributed by atoms with Crippen LogP contribution in [0.5, 0.6) is 5.75 Å². The van der Waals surface area contributed by atoms with Crippen LogP contribution in [0, 0.1) is 0 Å². The summed E-state index contributed by atoms with van der Waals surface area (Å²) in [6, 6.07) is 2.81. The fraction of sp³-hybridized carbons (Fsp3) is 0.500. The lowest BCUT2D eigenvalue weighted by Crippen LogP contribution is -2.19. The number of hydrogen-bond donors (Lipinski definition) is 0. The van der Waals surface area contributed by atoms with Crippen LogP contribution in [0.3, 0.4) is 0 Å². The Hall–Kier alpha value is -0.160. The van der Waals surface area contributed by atoms with Crippen molar-refractivity contribution in [3.8, 4) is 5.75 Å². The second kappa shape index (κ2) is 6.08. The van der Waals surface area contributed by atoms with E-state index in [-0.39, 0.29) is 21.0 Å². The van der Waals surface area contributed by atoms with Gasteiger partial charge in [-0.25, -0.2) is 8.42 Å².